The Morgan fingerprint density at radius 3 is 2.57 bits per heavy atom. The number of nitrogens with zero attached hydrogens (tertiary/aromatic N) is 1. The van der Waals surface area contributed by atoms with Crippen molar-refractivity contribution in [2.75, 3.05) is 6.61 Å². The van der Waals surface area contributed by atoms with Gasteiger partial charge in [-0.2, -0.15) is 0 Å². The van der Waals surface area contributed by atoms with E-state index in [-0.39, 0.29) is 18.2 Å². The van der Waals surface area contributed by atoms with Gasteiger partial charge in [-0.1, -0.05) is 41.5 Å². The van der Waals surface area contributed by atoms with Crippen molar-refractivity contribution in [2.24, 2.45) is 11.8 Å². The lowest BCUT2D eigenvalue weighted by atomic mass is 9.76. The first-order valence-electron chi connectivity index (χ1n) is 7.81. The van der Waals surface area contributed by atoms with Crippen LogP contribution in [-0.4, -0.2) is 23.5 Å². The maximum atomic E-state index is 12.9. The maximum Gasteiger partial charge on any atom is 0.229 e. The van der Waals surface area contributed by atoms with E-state index in [9.17, 15) is 4.79 Å². The van der Waals surface area contributed by atoms with Crippen molar-refractivity contribution in [1.82, 2.24) is 4.90 Å². The van der Waals surface area contributed by atoms with Crippen LogP contribution in [0.3, 0.4) is 0 Å². The Morgan fingerprint density at radius 2 is 1.81 bits per heavy atom. The largest absolute Gasteiger partial charge is 0.352 e. The van der Waals surface area contributed by atoms with Crippen LogP contribution in [0.15, 0.2) is 41.5 Å². The first-order valence-corrected chi connectivity index (χ1v) is 7.81. The summed E-state index contributed by atoms with van der Waals surface area (Å²) in [6.07, 6.45) is 1.80. The topological polar surface area (TPSA) is 29.5 Å². The van der Waals surface area contributed by atoms with E-state index in [1.807, 2.05) is 23.1 Å². The number of carbonyl (C=O) groups excluding carboxylic acids is 1. The van der Waals surface area contributed by atoms with Gasteiger partial charge in [0.2, 0.25) is 5.91 Å². The number of rotatable bonds is 1. The molecule has 0 radical (unpaired) electrons. The minimum atomic E-state index is -0.185. The Hall–Kier alpha value is -1.61. The van der Waals surface area contributed by atoms with E-state index in [2.05, 4.69) is 26.0 Å². The summed E-state index contributed by atoms with van der Waals surface area (Å²) in [5.41, 5.74) is 3.96. The monoisotopic (exact) mass is 283 g/mol. The van der Waals surface area contributed by atoms with E-state index in [1.54, 1.807) is 0 Å². The molecular formula is C18H21NO2. The van der Waals surface area contributed by atoms with Gasteiger partial charge < -0.3 is 9.64 Å². The molecule has 0 saturated carbocycles. The van der Waals surface area contributed by atoms with Crippen LogP contribution in [0.5, 0.6) is 0 Å². The fourth-order valence-electron chi connectivity index (χ4n) is 4.20. The zero-order chi connectivity index (χ0) is 14.6. The molecule has 2 heterocycles. The molecule has 1 aromatic rings. The Balaban J connectivity index is 1.66. The Morgan fingerprint density at radius 1 is 1.10 bits per heavy atom. The third-order valence-electron chi connectivity index (χ3n) is 5.50. The van der Waals surface area contributed by atoms with Crippen LogP contribution in [0.1, 0.15) is 38.5 Å². The van der Waals surface area contributed by atoms with Crippen molar-refractivity contribution in [3.63, 3.8) is 0 Å². The van der Waals surface area contributed by atoms with E-state index in [1.165, 1.54) is 11.1 Å². The van der Waals surface area contributed by atoms with Crippen LogP contribution in [-0.2, 0) is 9.53 Å². The zero-order valence-electron chi connectivity index (χ0n) is 12.6. The van der Waals surface area contributed by atoms with Crippen molar-refractivity contribution < 1.29 is 9.53 Å². The lowest BCUT2D eigenvalue weighted by molar-refractivity contribution is -0.137. The number of carbonyl (C=O) groups is 1. The summed E-state index contributed by atoms with van der Waals surface area (Å²) in [4.78, 5) is 14.9. The molecule has 3 heteroatoms. The van der Waals surface area contributed by atoms with Crippen molar-refractivity contribution in [1.29, 1.82) is 0 Å². The van der Waals surface area contributed by atoms with E-state index in [0.29, 0.717) is 18.4 Å². The number of amides is 1. The molecule has 110 valence electrons. The van der Waals surface area contributed by atoms with Crippen LogP contribution in [0.25, 0.3) is 0 Å². The highest BCUT2D eigenvalue weighted by Gasteiger charge is 2.55. The molecule has 1 aromatic carbocycles. The second-order valence-electron chi connectivity index (χ2n) is 6.65. The van der Waals surface area contributed by atoms with E-state index >= 15 is 0 Å². The minimum absolute atomic E-state index is 0.175. The summed E-state index contributed by atoms with van der Waals surface area (Å²) in [7, 11) is 0. The summed E-state index contributed by atoms with van der Waals surface area (Å²) >= 11 is 0. The molecule has 4 rings (SSSR count). The van der Waals surface area contributed by atoms with Gasteiger partial charge in [-0.05, 0) is 32.6 Å². The smallest absolute Gasteiger partial charge is 0.229 e. The minimum Gasteiger partial charge on any atom is -0.352 e. The Bertz CT molecular complexity index is 607. The third kappa shape index (κ3) is 1.87. The van der Waals surface area contributed by atoms with Gasteiger partial charge in [0.25, 0.3) is 0 Å². The Kier molecular flexibility index (Phi) is 2.93. The second kappa shape index (κ2) is 4.70. The first-order chi connectivity index (χ1) is 10.2. The molecule has 0 unspecified atom stereocenters. The number of benzene rings is 1. The highest BCUT2D eigenvalue weighted by atomic mass is 16.5. The molecule has 2 aliphatic heterocycles. The number of hydrogen-bond donors (Lipinski definition) is 0. The zero-order valence-corrected chi connectivity index (χ0v) is 12.6. The highest BCUT2D eigenvalue weighted by Crippen LogP contribution is 2.49. The highest BCUT2D eigenvalue weighted by molar-refractivity contribution is 5.83. The number of allylic oxidation sites excluding steroid dienone is 2. The van der Waals surface area contributed by atoms with Crippen molar-refractivity contribution >= 4 is 5.91 Å². The third-order valence-corrected chi connectivity index (χ3v) is 5.50. The van der Waals surface area contributed by atoms with Gasteiger partial charge in [-0.25, -0.2) is 0 Å². The number of hydrogen-bond acceptors (Lipinski definition) is 2. The second-order valence-corrected chi connectivity index (χ2v) is 6.65. The van der Waals surface area contributed by atoms with Crippen LogP contribution in [0, 0.1) is 11.8 Å². The van der Waals surface area contributed by atoms with Gasteiger partial charge in [-0.3, -0.25) is 4.79 Å². The summed E-state index contributed by atoms with van der Waals surface area (Å²) in [6, 6.07) is 10.4. The normalized spacial score (nSPS) is 35.1. The van der Waals surface area contributed by atoms with Gasteiger partial charge in [0.1, 0.15) is 0 Å². The van der Waals surface area contributed by atoms with Crippen LogP contribution < -0.4 is 0 Å². The van der Waals surface area contributed by atoms with Gasteiger partial charge in [0.05, 0.1) is 12.6 Å². The summed E-state index contributed by atoms with van der Waals surface area (Å²) < 4.78 is 5.98. The van der Waals surface area contributed by atoms with Gasteiger partial charge in [-0.15, -0.1) is 0 Å². The summed E-state index contributed by atoms with van der Waals surface area (Å²) in [6.45, 7) is 5.06. The molecule has 0 N–H and O–H groups in total. The molecule has 0 spiro atoms. The van der Waals surface area contributed by atoms with Crippen LogP contribution in [0.2, 0.25) is 0 Å². The van der Waals surface area contributed by atoms with Gasteiger partial charge in [0, 0.05) is 11.5 Å². The van der Waals surface area contributed by atoms with Crippen LogP contribution in [0.4, 0.5) is 0 Å². The molecule has 4 atom stereocenters. The first kappa shape index (κ1) is 13.1. The van der Waals surface area contributed by atoms with E-state index in [0.717, 1.165) is 18.4 Å². The molecule has 3 aliphatic rings. The summed E-state index contributed by atoms with van der Waals surface area (Å²) in [5, 5.41) is 0. The maximum absolute atomic E-state index is 12.9. The van der Waals surface area contributed by atoms with E-state index in [4.69, 9.17) is 4.74 Å². The lowest BCUT2D eigenvalue weighted by Crippen LogP contribution is -2.32. The van der Waals surface area contributed by atoms with Crippen molar-refractivity contribution in [3.05, 3.63) is 47.0 Å². The Labute approximate surface area is 125 Å². The number of ether oxygens (including phenoxy) is 1. The average Bonchev–Trinajstić information content (AvgIpc) is 3.03. The SMILES string of the molecule is CC1=C(C)C[C@H]2C(=O)N3[C@@H](c4ccccc4)OC[C@@H]3[C@H]2C1. The number of fused-ring (bicyclic) bond motifs is 3. The van der Waals surface area contributed by atoms with Crippen molar-refractivity contribution in [2.45, 2.75) is 39.0 Å². The lowest BCUT2D eigenvalue weighted by Gasteiger charge is -2.27. The standard InChI is InChI=1S/C18H21NO2/c1-11-8-14-15(9-12(11)2)17(20)19-16(14)10-21-18(19)13-6-4-3-5-7-13/h3-7,14-16,18H,8-10H2,1-2H3/t14-,15+,16+,18+/m0/s1. The molecule has 0 bridgehead atoms. The fourth-order valence-corrected chi connectivity index (χ4v) is 4.20. The molecule has 2 fully saturated rings. The quantitative estimate of drug-likeness (QED) is 0.740. The molecule has 3 nitrogen and oxygen atoms in total. The average molecular weight is 283 g/mol. The molecule has 2 saturated heterocycles. The molecule has 1 aliphatic carbocycles. The molecule has 21 heavy (non-hydrogen) atoms. The van der Waals surface area contributed by atoms with Gasteiger partial charge in [0.15, 0.2) is 6.23 Å². The molecule has 1 amide bonds. The fraction of sp³-hybridized carbons (Fsp3) is 0.500. The predicted octanol–water partition coefficient (Wildman–Crippen LogP) is 3.29. The molecule has 0 aromatic heterocycles. The van der Waals surface area contributed by atoms with Gasteiger partial charge >= 0.3 is 0 Å². The predicted molar refractivity (Wildman–Crippen MR) is 80.4 cm³/mol. The molecular weight excluding hydrogens is 262 g/mol. The summed E-state index contributed by atoms with van der Waals surface area (Å²) in [5.74, 6) is 0.909. The van der Waals surface area contributed by atoms with E-state index < -0.39 is 0 Å². The van der Waals surface area contributed by atoms with Crippen molar-refractivity contribution in [3.8, 4) is 0 Å². The van der Waals surface area contributed by atoms with Crippen LogP contribution >= 0.6 is 0 Å².